The predicted octanol–water partition coefficient (Wildman–Crippen LogP) is 3.66. The lowest BCUT2D eigenvalue weighted by atomic mass is 10.2. The quantitative estimate of drug-likeness (QED) is 0.643. The van der Waals surface area contributed by atoms with Gasteiger partial charge in [0.1, 0.15) is 11.6 Å². The summed E-state index contributed by atoms with van der Waals surface area (Å²) in [4.78, 5) is 32.9. The van der Waals surface area contributed by atoms with Crippen LogP contribution < -0.4 is 16.0 Å². The lowest BCUT2D eigenvalue weighted by Crippen LogP contribution is -2.17. The van der Waals surface area contributed by atoms with Gasteiger partial charge in [0, 0.05) is 24.2 Å². The molecule has 0 unspecified atom stereocenters. The number of aromatic nitrogens is 2. The minimum atomic E-state index is -0.334. The van der Waals surface area contributed by atoms with Gasteiger partial charge in [-0.25, -0.2) is 0 Å². The number of carbonyl (C=O) groups excluding carboxylic acids is 2. The first-order valence-corrected chi connectivity index (χ1v) is 7.95. The van der Waals surface area contributed by atoms with Crippen LogP contribution in [0.5, 0.6) is 0 Å². The van der Waals surface area contributed by atoms with Crippen molar-refractivity contribution in [2.45, 2.75) is 7.43 Å². The summed E-state index contributed by atoms with van der Waals surface area (Å²) in [6.45, 7) is 0. The number of nitrogens with zero attached hydrogens (tertiary/aromatic N) is 2. The van der Waals surface area contributed by atoms with Gasteiger partial charge in [-0.1, -0.05) is 43.8 Å². The SMILES string of the molecule is C.CNc1cc(NC(=O)c2ccccc2)nc(NC(=O)c2ccccc2)n1. The zero-order chi connectivity index (χ0) is 18.4. The van der Waals surface area contributed by atoms with Gasteiger partial charge in [0.2, 0.25) is 5.95 Å². The zero-order valence-corrected chi connectivity index (χ0v) is 14.1. The third-order valence-corrected chi connectivity index (χ3v) is 3.52. The number of amides is 2. The summed E-state index contributed by atoms with van der Waals surface area (Å²) in [5.41, 5.74) is 0.993. The van der Waals surface area contributed by atoms with Crippen molar-refractivity contribution in [2.75, 3.05) is 23.0 Å². The van der Waals surface area contributed by atoms with Crippen LogP contribution in [0.4, 0.5) is 17.6 Å². The fourth-order valence-electron chi connectivity index (χ4n) is 2.24. The van der Waals surface area contributed by atoms with Crippen LogP contribution in [-0.4, -0.2) is 28.8 Å². The van der Waals surface area contributed by atoms with Gasteiger partial charge in [0.05, 0.1) is 0 Å². The van der Waals surface area contributed by atoms with Gasteiger partial charge in [-0.2, -0.15) is 9.97 Å². The van der Waals surface area contributed by atoms with Gasteiger partial charge < -0.3 is 10.6 Å². The van der Waals surface area contributed by atoms with E-state index in [1.165, 1.54) is 0 Å². The maximum absolute atomic E-state index is 12.3. The number of carbonyl (C=O) groups is 2. The third-order valence-electron chi connectivity index (χ3n) is 3.52. The van der Waals surface area contributed by atoms with E-state index in [1.54, 1.807) is 61.6 Å². The Kier molecular flexibility index (Phi) is 6.60. The van der Waals surface area contributed by atoms with E-state index < -0.39 is 0 Å². The molecule has 0 bridgehead atoms. The molecule has 3 rings (SSSR count). The van der Waals surface area contributed by atoms with E-state index in [0.29, 0.717) is 16.9 Å². The summed E-state index contributed by atoms with van der Waals surface area (Å²) in [5, 5.41) is 8.22. The molecule has 7 nitrogen and oxygen atoms in total. The largest absolute Gasteiger partial charge is 0.373 e. The lowest BCUT2D eigenvalue weighted by molar-refractivity contribution is 0.101. The number of hydrogen-bond acceptors (Lipinski definition) is 5. The van der Waals surface area contributed by atoms with Crippen LogP contribution in [0.1, 0.15) is 28.1 Å². The second-order valence-corrected chi connectivity index (χ2v) is 5.35. The molecule has 0 fully saturated rings. The van der Waals surface area contributed by atoms with Gasteiger partial charge in [-0.15, -0.1) is 0 Å². The Balaban J connectivity index is 0.00000261. The molecule has 0 aliphatic rings. The molecule has 0 saturated heterocycles. The van der Waals surface area contributed by atoms with Gasteiger partial charge in [0.25, 0.3) is 11.8 Å². The number of anilines is 3. The van der Waals surface area contributed by atoms with Crippen LogP contribution in [0.3, 0.4) is 0 Å². The summed E-state index contributed by atoms with van der Waals surface area (Å²) in [5.74, 6) is 0.202. The molecule has 3 aromatic rings. The van der Waals surface area contributed by atoms with Crippen molar-refractivity contribution in [3.8, 4) is 0 Å². The topological polar surface area (TPSA) is 96.0 Å². The maximum atomic E-state index is 12.3. The second kappa shape index (κ2) is 9.10. The van der Waals surface area contributed by atoms with Crippen molar-refractivity contribution in [1.82, 2.24) is 9.97 Å². The van der Waals surface area contributed by atoms with Crippen molar-refractivity contribution in [1.29, 1.82) is 0 Å². The van der Waals surface area contributed by atoms with Gasteiger partial charge in [-0.05, 0) is 24.3 Å². The molecule has 0 radical (unpaired) electrons. The highest BCUT2D eigenvalue weighted by atomic mass is 16.2. The van der Waals surface area contributed by atoms with E-state index >= 15 is 0 Å². The Morgan fingerprint density at radius 2 is 1.22 bits per heavy atom. The average Bonchev–Trinajstić information content (AvgIpc) is 2.69. The van der Waals surface area contributed by atoms with Crippen LogP contribution in [0.2, 0.25) is 0 Å². The molecule has 0 atom stereocenters. The second-order valence-electron chi connectivity index (χ2n) is 5.35. The Morgan fingerprint density at radius 1 is 0.741 bits per heavy atom. The number of nitrogens with one attached hydrogen (secondary N) is 3. The molecule has 1 heterocycles. The highest BCUT2D eigenvalue weighted by Crippen LogP contribution is 2.16. The molecule has 27 heavy (non-hydrogen) atoms. The Bertz CT molecular complexity index is 842. The van der Waals surface area contributed by atoms with Crippen molar-refractivity contribution < 1.29 is 9.59 Å². The summed E-state index contributed by atoms with van der Waals surface area (Å²) < 4.78 is 0. The minimum Gasteiger partial charge on any atom is -0.373 e. The molecular weight excluding hydrogens is 342 g/mol. The standard InChI is InChI=1S/C19H17N5O2.CH4/c1-20-15-12-16(21-17(25)13-8-4-2-5-9-13)23-19(22-15)24-18(26)14-10-6-3-7-11-14;/h2-12H,1H3,(H3,20,21,22,23,24,25,26);1H4. The molecule has 0 saturated carbocycles. The normalized spacial score (nSPS) is 9.67. The van der Waals surface area contributed by atoms with E-state index in [1.807, 2.05) is 12.1 Å². The zero-order valence-electron chi connectivity index (χ0n) is 14.1. The maximum Gasteiger partial charge on any atom is 0.258 e. The molecule has 0 aliphatic heterocycles. The highest BCUT2D eigenvalue weighted by molar-refractivity contribution is 6.05. The average molecular weight is 363 g/mol. The first kappa shape index (κ1) is 19.6. The molecule has 2 aromatic carbocycles. The Morgan fingerprint density at radius 3 is 1.74 bits per heavy atom. The molecule has 3 N–H and O–H groups in total. The van der Waals surface area contributed by atoms with E-state index in [0.717, 1.165) is 0 Å². The molecule has 2 amide bonds. The molecular formula is C20H21N5O2. The number of rotatable bonds is 5. The van der Waals surface area contributed by atoms with Crippen molar-refractivity contribution in [3.05, 3.63) is 77.9 Å². The monoisotopic (exact) mass is 363 g/mol. The fourth-order valence-corrected chi connectivity index (χ4v) is 2.24. The van der Waals surface area contributed by atoms with Crippen LogP contribution in [0, 0.1) is 0 Å². The van der Waals surface area contributed by atoms with Crippen molar-refractivity contribution >= 4 is 29.4 Å². The summed E-state index contributed by atoms with van der Waals surface area (Å²) in [6, 6.07) is 19.1. The van der Waals surface area contributed by atoms with E-state index in [4.69, 9.17) is 0 Å². The van der Waals surface area contributed by atoms with Crippen LogP contribution >= 0.6 is 0 Å². The Hall–Kier alpha value is -3.74. The first-order chi connectivity index (χ1) is 12.7. The van der Waals surface area contributed by atoms with Crippen LogP contribution in [0.15, 0.2) is 66.7 Å². The van der Waals surface area contributed by atoms with Crippen molar-refractivity contribution in [2.24, 2.45) is 0 Å². The van der Waals surface area contributed by atoms with Crippen LogP contribution in [-0.2, 0) is 0 Å². The van der Waals surface area contributed by atoms with E-state index in [2.05, 4.69) is 25.9 Å². The van der Waals surface area contributed by atoms with Crippen LogP contribution in [0.25, 0.3) is 0 Å². The summed E-state index contributed by atoms with van der Waals surface area (Å²) in [6.07, 6.45) is 0. The smallest absolute Gasteiger partial charge is 0.258 e. The molecule has 1 aromatic heterocycles. The summed E-state index contributed by atoms with van der Waals surface area (Å²) >= 11 is 0. The van der Waals surface area contributed by atoms with Gasteiger partial charge in [-0.3, -0.25) is 14.9 Å². The highest BCUT2D eigenvalue weighted by Gasteiger charge is 2.12. The molecule has 138 valence electrons. The fraction of sp³-hybridized carbons (Fsp3) is 0.100. The minimum absolute atomic E-state index is 0. The summed E-state index contributed by atoms with van der Waals surface area (Å²) in [7, 11) is 1.69. The Labute approximate surface area is 157 Å². The lowest BCUT2D eigenvalue weighted by Gasteiger charge is -2.10. The molecule has 0 aliphatic carbocycles. The van der Waals surface area contributed by atoms with Gasteiger partial charge in [0.15, 0.2) is 0 Å². The van der Waals surface area contributed by atoms with E-state index in [9.17, 15) is 9.59 Å². The molecule has 0 spiro atoms. The first-order valence-electron chi connectivity index (χ1n) is 7.95. The number of benzene rings is 2. The predicted molar refractivity (Wildman–Crippen MR) is 107 cm³/mol. The van der Waals surface area contributed by atoms with E-state index in [-0.39, 0.29) is 31.0 Å². The van der Waals surface area contributed by atoms with Crippen molar-refractivity contribution in [3.63, 3.8) is 0 Å². The van der Waals surface area contributed by atoms with Gasteiger partial charge >= 0.3 is 0 Å². The molecule has 7 heteroatoms. The third kappa shape index (κ3) is 5.12. The number of hydrogen-bond donors (Lipinski definition) is 3.